The molecule has 0 spiro atoms. The Morgan fingerprint density at radius 1 is 1.10 bits per heavy atom. The van der Waals surface area contributed by atoms with E-state index in [1.54, 1.807) is 51.8 Å². The Bertz CT molecular complexity index is 1520. The van der Waals surface area contributed by atoms with E-state index in [0.717, 1.165) is 38.6 Å². The Hall–Kier alpha value is -3.95. The quantitative estimate of drug-likeness (QED) is 0.248. The Morgan fingerprint density at radius 2 is 1.92 bits per heavy atom. The van der Waals surface area contributed by atoms with Crippen molar-refractivity contribution in [1.82, 2.24) is 9.78 Å². The molecule has 0 saturated carbocycles. The maximum atomic E-state index is 13.0. The number of nitrogens with zero attached hydrogens (tertiary/aromatic N) is 3. The molecule has 10 heteroatoms. The zero-order valence-electron chi connectivity index (χ0n) is 21.2. The maximum absolute atomic E-state index is 13.0. The molecule has 1 amide bonds. The number of carboxylic acid groups (broad SMARTS) is 1. The van der Waals surface area contributed by atoms with Crippen LogP contribution in [0.3, 0.4) is 0 Å². The second kappa shape index (κ2) is 11.8. The normalized spacial score (nSPS) is 12.6. The summed E-state index contributed by atoms with van der Waals surface area (Å²) in [5.74, 6) is 0.434. The fourth-order valence-corrected chi connectivity index (χ4v) is 5.66. The van der Waals surface area contributed by atoms with Crippen molar-refractivity contribution >= 4 is 41.1 Å². The van der Waals surface area contributed by atoms with Crippen LogP contribution < -0.4 is 9.64 Å². The van der Waals surface area contributed by atoms with Crippen LogP contribution in [0.2, 0.25) is 5.02 Å². The molecule has 0 saturated heterocycles. The van der Waals surface area contributed by atoms with E-state index < -0.39 is 12.1 Å². The molecule has 0 unspecified atom stereocenters. The second-order valence-corrected chi connectivity index (χ2v) is 10.4. The minimum Gasteiger partial charge on any atom is -0.490 e. The van der Waals surface area contributed by atoms with Gasteiger partial charge in [-0.2, -0.15) is 5.10 Å². The number of hydrogen-bond donors (Lipinski definition) is 1. The van der Waals surface area contributed by atoms with Gasteiger partial charge in [0, 0.05) is 45.1 Å². The summed E-state index contributed by atoms with van der Waals surface area (Å²) in [6.07, 6.45) is 3.29. The first kappa shape index (κ1) is 26.6. The number of benzene rings is 3. The van der Waals surface area contributed by atoms with Gasteiger partial charge in [-0.3, -0.25) is 9.58 Å². The molecule has 200 valence electrons. The monoisotopic (exact) mass is 563 g/mol. The molecule has 1 aliphatic rings. The van der Waals surface area contributed by atoms with Crippen molar-refractivity contribution in [3.8, 4) is 16.9 Å². The number of carboxylic acids is 1. The average Bonchev–Trinajstić information content (AvgIpc) is 3.40. The van der Waals surface area contributed by atoms with Gasteiger partial charge in [0.05, 0.1) is 24.0 Å². The van der Waals surface area contributed by atoms with Crippen LogP contribution in [0.15, 0.2) is 78.0 Å². The van der Waals surface area contributed by atoms with Crippen LogP contribution in [-0.2, 0) is 11.3 Å². The van der Waals surface area contributed by atoms with Crippen LogP contribution in [0.25, 0.3) is 11.1 Å². The lowest BCUT2D eigenvalue weighted by molar-refractivity contribution is 0.0696. The lowest BCUT2D eigenvalue weighted by Crippen LogP contribution is -2.36. The standard InChI is InChI=1S/C29H26ClN3O5S/c1-19-24(30)8-4-10-26(19)37-12-13-38-29(36)33-11-14-39-27-23(7-3-9-25(27)33)22-16-31-32(18-22)17-20-5-2-6-21(15-20)28(34)35/h2-10,15-16,18H,11-14,17H2,1H3,(H,34,35). The summed E-state index contributed by atoms with van der Waals surface area (Å²) in [7, 11) is 0. The SMILES string of the molecule is Cc1c(Cl)cccc1OCCOC(=O)N1CCSc2c(-c3cnn(Cc4cccc(C(=O)O)c4)c3)cccc21. The Kier molecular flexibility index (Phi) is 8.09. The predicted molar refractivity (Wildman–Crippen MR) is 151 cm³/mol. The molecular formula is C29H26ClN3O5S. The van der Waals surface area contributed by atoms with E-state index in [2.05, 4.69) is 5.10 Å². The number of halogens is 1. The minimum absolute atomic E-state index is 0.110. The highest BCUT2D eigenvalue weighted by Crippen LogP contribution is 2.42. The minimum atomic E-state index is -0.960. The van der Waals surface area contributed by atoms with Gasteiger partial charge in [-0.1, -0.05) is 41.9 Å². The van der Waals surface area contributed by atoms with E-state index in [4.69, 9.17) is 21.1 Å². The number of carbonyl (C=O) groups is 2. The van der Waals surface area contributed by atoms with E-state index in [0.29, 0.717) is 23.9 Å². The summed E-state index contributed by atoms with van der Waals surface area (Å²) >= 11 is 7.83. The van der Waals surface area contributed by atoms with Gasteiger partial charge >= 0.3 is 12.1 Å². The molecule has 0 radical (unpaired) electrons. The summed E-state index contributed by atoms with van der Waals surface area (Å²) in [4.78, 5) is 26.9. The molecule has 0 atom stereocenters. The Morgan fingerprint density at radius 3 is 2.77 bits per heavy atom. The van der Waals surface area contributed by atoms with Crippen molar-refractivity contribution in [2.24, 2.45) is 0 Å². The zero-order chi connectivity index (χ0) is 27.4. The number of hydrogen-bond acceptors (Lipinski definition) is 6. The van der Waals surface area contributed by atoms with Crippen molar-refractivity contribution in [1.29, 1.82) is 0 Å². The van der Waals surface area contributed by atoms with Gasteiger partial charge in [-0.15, -0.1) is 11.8 Å². The number of aromatic carboxylic acids is 1. The Labute approximate surface area is 235 Å². The number of fused-ring (bicyclic) bond motifs is 1. The van der Waals surface area contributed by atoms with E-state index in [9.17, 15) is 14.7 Å². The van der Waals surface area contributed by atoms with Gasteiger partial charge < -0.3 is 14.6 Å². The number of anilines is 1. The van der Waals surface area contributed by atoms with Crippen molar-refractivity contribution in [2.45, 2.75) is 18.4 Å². The fraction of sp³-hybridized carbons (Fsp3) is 0.207. The van der Waals surface area contributed by atoms with Gasteiger partial charge in [-0.05, 0) is 42.8 Å². The molecule has 1 N–H and O–H groups in total. The van der Waals surface area contributed by atoms with Gasteiger partial charge in [0.25, 0.3) is 0 Å². The van der Waals surface area contributed by atoms with E-state index in [1.165, 1.54) is 0 Å². The first-order chi connectivity index (χ1) is 18.9. The van der Waals surface area contributed by atoms with Crippen LogP contribution in [0.4, 0.5) is 10.5 Å². The van der Waals surface area contributed by atoms with Crippen molar-refractivity contribution in [2.75, 3.05) is 30.4 Å². The summed E-state index contributed by atoms with van der Waals surface area (Å²) in [5.41, 5.74) is 4.61. The number of rotatable bonds is 8. The van der Waals surface area contributed by atoms with Gasteiger partial charge in [0.15, 0.2) is 0 Å². The highest BCUT2D eigenvalue weighted by Gasteiger charge is 2.26. The molecule has 0 bridgehead atoms. The number of amides is 1. The molecule has 1 aromatic heterocycles. The topological polar surface area (TPSA) is 93.9 Å². The molecule has 39 heavy (non-hydrogen) atoms. The molecule has 2 heterocycles. The Balaban J connectivity index is 1.26. The van der Waals surface area contributed by atoms with Gasteiger partial charge in [0.1, 0.15) is 19.0 Å². The van der Waals surface area contributed by atoms with E-state index in [1.807, 2.05) is 49.5 Å². The number of ether oxygens (including phenoxy) is 2. The van der Waals surface area contributed by atoms with Gasteiger partial charge in [-0.25, -0.2) is 9.59 Å². The summed E-state index contributed by atoms with van der Waals surface area (Å²) in [5, 5.41) is 14.4. The molecule has 4 aromatic rings. The third-order valence-corrected chi connectivity index (χ3v) is 7.83. The van der Waals surface area contributed by atoms with Crippen LogP contribution in [0.5, 0.6) is 5.75 Å². The third-order valence-electron chi connectivity index (χ3n) is 6.31. The van der Waals surface area contributed by atoms with E-state index >= 15 is 0 Å². The van der Waals surface area contributed by atoms with Gasteiger partial charge in [0.2, 0.25) is 0 Å². The average molecular weight is 564 g/mol. The lowest BCUT2D eigenvalue weighted by atomic mass is 10.1. The summed E-state index contributed by atoms with van der Waals surface area (Å²) in [6.45, 7) is 3.19. The third kappa shape index (κ3) is 6.05. The molecule has 3 aromatic carbocycles. The lowest BCUT2D eigenvalue weighted by Gasteiger charge is -2.29. The molecule has 1 aliphatic heterocycles. The number of thioether (sulfide) groups is 1. The molecule has 5 rings (SSSR count). The van der Waals surface area contributed by atoms with Crippen LogP contribution >= 0.6 is 23.4 Å². The highest BCUT2D eigenvalue weighted by atomic mass is 35.5. The molecule has 8 nitrogen and oxygen atoms in total. The number of aromatic nitrogens is 2. The molecular weight excluding hydrogens is 538 g/mol. The predicted octanol–water partition coefficient (Wildman–Crippen LogP) is 6.39. The summed E-state index contributed by atoms with van der Waals surface area (Å²) in [6, 6.07) is 18.1. The first-order valence-electron chi connectivity index (χ1n) is 12.3. The smallest absolute Gasteiger partial charge is 0.414 e. The van der Waals surface area contributed by atoms with Crippen molar-refractivity contribution < 1.29 is 24.2 Å². The fourth-order valence-electron chi connectivity index (χ4n) is 4.35. The van der Waals surface area contributed by atoms with Crippen LogP contribution in [0, 0.1) is 6.92 Å². The number of carbonyl (C=O) groups excluding carboxylic acids is 1. The summed E-state index contributed by atoms with van der Waals surface area (Å²) < 4.78 is 13.1. The molecule has 0 aliphatic carbocycles. The highest BCUT2D eigenvalue weighted by molar-refractivity contribution is 7.99. The van der Waals surface area contributed by atoms with Crippen LogP contribution in [0.1, 0.15) is 21.5 Å². The maximum Gasteiger partial charge on any atom is 0.414 e. The van der Waals surface area contributed by atoms with Crippen molar-refractivity contribution in [3.05, 3.63) is 94.8 Å². The van der Waals surface area contributed by atoms with Crippen LogP contribution in [-0.4, -0.2) is 52.5 Å². The van der Waals surface area contributed by atoms with Crippen molar-refractivity contribution in [3.63, 3.8) is 0 Å². The zero-order valence-corrected chi connectivity index (χ0v) is 22.7. The van der Waals surface area contributed by atoms with E-state index in [-0.39, 0.29) is 18.8 Å². The first-order valence-corrected chi connectivity index (χ1v) is 13.7. The molecule has 0 fully saturated rings. The second-order valence-electron chi connectivity index (χ2n) is 8.91. The largest absolute Gasteiger partial charge is 0.490 e.